The second-order valence-electron chi connectivity index (χ2n) is 7.97. The van der Waals surface area contributed by atoms with Crippen LogP contribution in [0.1, 0.15) is 34.2 Å². The number of aryl methyl sites for hydroxylation is 1. The quantitative estimate of drug-likeness (QED) is 0.328. The van der Waals surface area contributed by atoms with Crippen molar-refractivity contribution in [2.75, 3.05) is 18.5 Å². The van der Waals surface area contributed by atoms with Gasteiger partial charge in [0.15, 0.2) is 6.61 Å². The Morgan fingerprint density at radius 2 is 1.63 bits per heavy atom. The molecular formula is C25H27N3O6S. The van der Waals surface area contributed by atoms with E-state index in [1.807, 2.05) is 48.7 Å². The number of benzene rings is 2. The molecule has 1 aromatic heterocycles. The van der Waals surface area contributed by atoms with E-state index in [1.54, 1.807) is 6.07 Å². The Balaban J connectivity index is 1.54. The van der Waals surface area contributed by atoms with Gasteiger partial charge in [-0.2, -0.15) is 4.72 Å². The molecule has 10 heteroatoms. The average molecular weight is 498 g/mol. The number of nitrogens with one attached hydrogen (secondary N) is 2. The fraction of sp³-hybridized carbons (Fsp3) is 0.240. The molecule has 35 heavy (non-hydrogen) atoms. The lowest BCUT2D eigenvalue weighted by molar-refractivity contribution is -0.141. The number of ether oxygens (including phenoxy) is 1. The molecule has 0 bridgehead atoms. The van der Waals surface area contributed by atoms with E-state index in [4.69, 9.17) is 4.74 Å². The number of rotatable bonds is 10. The van der Waals surface area contributed by atoms with Gasteiger partial charge in [0.1, 0.15) is 6.54 Å². The van der Waals surface area contributed by atoms with Crippen molar-refractivity contribution in [3.63, 3.8) is 0 Å². The first-order chi connectivity index (χ1) is 16.6. The molecule has 0 aliphatic rings. The van der Waals surface area contributed by atoms with Crippen molar-refractivity contribution in [3.05, 3.63) is 83.2 Å². The summed E-state index contributed by atoms with van der Waals surface area (Å²) < 4.78 is 33.9. The Morgan fingerprint density at radius 3 is 2.26 bits per heavy atom. The number of Topliss-reactive ketones (excluding diaryl/α,β-unsaturated/α-hetero) is 1. The SMILES string of the molecule is CC(=O)Nc1ccc(S(=O)(=O)NCC(=O)OCC(=O)c2cc(C)n(Cc3ccccc3)c2C)cc1. The van der Waals surface area contributed by atoms with Crippen LogP contribution in [0.5, 0.6) is 0 Å². The number of esters is 1. The number of anilines is 1. The minimum Gasteiger partial charge on any atom is -0.456 e. The summed E-state index contributed by atoms with van der Waals surface area (Å²) in [4.78, 5) is 35.7. The number of amides is 1. The van der Waals surface area contributed by atoms with Crippen LogP contribution in [0.2, 0.25) is 0 Å². The highest BCUT2D eigenvalue weighted by Crippen LogP contribution is 2.18. The summed E-state index contributed by atoms with van der Waals surface area (Å²) in [5, 5.41) is 2.53. The highest BCUT2D eigenvalue weighted by Gasteiger charge is 2.19. The Morgan fingerprint density at radius 1 is 0.971 bits per heavy atom. The van der Waals surface area contributed by atoms with Gasteiger partial charge in [0.2, 0.25) is 21.7 Å². The summed E-state index contributed by atoms with van der Waals surface area (Å²) in [6, 6.07) is 17.0. The lowest BCUT2D eigenvalue weighted by Crippen LogP contribution is -2.31. The standard InChI is InChI=1S/C25H27N3O6S/c1-17-13-23(18(2)28(17)15-20-7-5-4-6-8-20)24(30)16-34-25(31)14-26-35(32,33)22-11-9-21(10-12-22)27-19(3)29/h4-13,26H,14-16H2,1-3H3,(H,27,29). The van der Waals surface area contributed by atoms with Crippen molar-refractivity contribution in [3.8, 4) is 0 Å². The second kappa shape index (κ2) is 11.1. The van der Waals surface area contributed by atoms with E-state index in [-0.39, 0.29) is 16.6 Å². The van der Waals surface area contributed by atoms with Crippen LogP contribution in [0.15, 0.2) is 65.6 Å². The summed E-state index contributed by atoms with van der Waals surface area (Å²) >= 11 is 0. The predicted octanol–water partition coefficient (Wildman–Crippen LogP) is 2.82. The molecule has 0 radical (unpaired) electrons. The summed E-state index contributed by atoms with van der Waals surface area (Å²) in [6.07, 6.45) is 0. The molecule has 0 fully saturated rings. The Kier molecular flexibility index (Phi) is 8.21. The van der Waals surface area contributed by atoms with Gasteiger partial charge in [0, 0.05) is 36.1 Å². The summed E-state index contributed by atoms with van der Waals surface area (Å²) in [5.41, 5.74) is 3.65. The number of carbonyl (C=O) groups is 3. The van der Waals surface area contributed by atoms with Crippen molar-refractivity contribution < 1.29 is 27.5 Å². The van der Waals surface area contributed by atoms with Crippen molar-refractivity contribution in [1.82, 2.24) is 9.29 Å². The fourth-order valence-corrected chi connectivity index (χ4v) is 4.49. The maximum atomic E-state index is 12.7. The Bertz CT molecular complexity index is 1330. The summed E-state index contributed by atoms with van der Waals surface area (Å²) in [6.45, 7) is 4.55. The number of hydrogen-bond acceptors (Lipinski definition) is 6. The molecule has 9 nitrogen and oxygen atoms in total. The van der Waals surface area contributed by atoms with E-state index < -0.39 is 29.1 Å². The van der Waals surface area contributed by atoms with E-state index in [9.17, 15) is 22.8 Å². The van der Waals surface area contributed by atoms with Gasteiger partial charge >= 0.3 is 5.97 Å². The third-order valence-corrected chi connectivity index (χ3v) is 6.73. The minimum absolute atomic E-state index is 0.0821. The monoisotopic (exact) mass is 497 g/mol. The largest absolute Gasteiger partial charge is 0.456 e. The molecule has 0 saturated carbocycles. The first-order valence-electron chi connectivity index (χ1n) is 10.8. The molecule has 184 valence electrons. The van der Waals surface area contributed by atoms with Gasteiger partial charge in [-0.05, 0) is 49.7 Å². The van der Waals surface area contributed by atoms with Crippen molar-refractivity contribution in [2.45, 2.75) is 32.2 Å². The van der Waals surface area contributed by atoms with Crippen LogP contribution < -0.4 is 10.0 Å². The van der Waals surface area contributed by atoms with E-state index in [0.29, 0.717) is 17.8 Å². The van der Waals surface area contributed by atoms with Gasteiger partial charge in [-0.3, -0.25) is 14.4 Å². The van der Waals surface area contributed by atoms with E-state index >= 15 is 0 Å². The lowest BCUT2D eigenvalue weighted by Gasteiger charge is -2.10. The molecule has 3 aromatic rings. The fourth-order valence-electron chi connectivity index (χ4n) is 3.53. The topological polar surface area (TPSA) is 124 Å². The molecule has 2 aromatic carbocycles. The number of hydrogen-bond donors (Lipinski definition) is 2. The normalized spacial score (nSPS) is 11.2. The molecule has 0 spiro atoms. The maximum absolute atomic E-state index is 12.7. The number of aromatic nitrogens is 1. The van der Waals surface area contributed by atoms with Crippen LogP contribution in [0, 0.1) is 13.8 Å². The Labute approximate surface area is 204 Å². The highest BCUT2D eigenvalue weighted by molar-refractivity contribution is 7.89. The molecule has 1 heterocycles. The van der Waals surface area contributed by atoms with E-state index in [0.717, 1.165) is 17.0 Å². The van der Waals surface area contributed by atoms with Crippen LogP contribution in [-0.2, 0) is 30.9 Å². The van der Waals surface area contributed by atoms with E-state index in [2.05, 4.69) is 10.0 Å². The first-order valence-corrected chi connectivity index (χ1v) is 12.3. The van der Waals surface area contributed by atoms with Crippen LogP contribution in [-0.4, -0.2) is 43.8 Å². The van der Waals surface area contributed by atoms with Crippen molar-refractivity contribution >= 4 is 33.4 Å². The molecule has 0 aliphatic carbocycles. The third-order valence-electron chi connectivity index (χ3n) is 5.31. The second-order valence-corrected chi connectivity index (χ2v) is 9.74. The zero-order valence-electron chi connectivity index (χ0n) is 19.7. The lowest BCUT2D eigenvalue weighted by atomic mass is 10.1. The molecule has 1 amide bonds. The molecular weight excluding hydrogens is 470 g/mol. The van der Waals surface area contributed by atoms with Crippen LogP contribution >= 0.6 is 0 Å². The van der Waals surface area contributed by atoms with Crippen LogP contribution in [0.4, 0.5) is 5.69 Å². The van der Waals surface area contributed by atoms with Crippen LogP contribution in [0.25, 0.3) is 0 Å². The smallest absolute Gasteiger partial charge is 0.321 e. The Hall–Kier alpha value is -3.76. The average Bonchev–Trinajstić information content (AvgIpc) is 3.10. The summed E-state index contributed by atoms with van der Waals surface area (Å²) in [7, 11) is -3.98. The molecule has 0 atom stereocenters. The van der Waals surface area contributed by atoms with Crippen LogP contribution in [0.3, 0.4) is 0 Å². The molecule has 0 saturated heterocycles. The van der Waals surface area contributed by atoms with Gasteiger partial charge < -0.3 is 14.6 Å². The van der Waals surface area contributed by atoms with E-state index in [1.165, 1.54) is 31.2 Å². The van der Waals surface area contributed by atoms with Gasteiger partial charge in [0.25, 0.3) is 0 Å². The predicted molar refractivity (Wildman–Crippen MR) is 131 cm³/mol. The number of ketones is 1. The third kappa shape index (κ3) is 6.87. The van der Waals surface area contributed by atoms with Gasteiger partial charge in [-0.25, -0.2) is 8.42 Å². The number of carbonyl (C=O) groups excluding carboxylic acids is 3. The zero-order valence-corrected chi connectivity index (χ0v) is 20.5. The first kappa shape index (κ1) is 25.9. The van der Waals surface area contributed by atoms with Gasteiger partial charge in [-0.15, -0.1) is 0 Å². The molecule has 2 N–H and O–H groups in total. The molecule has 0 unspecified atom stereocenters. The maximum Gasteiger partial charge on any atom is 0.321 e. The van der Waals surface area contributed by atoms with Crippen molar-refractivity contribution in [2.24, 2.45) is 0 Å². The number of sulfonamides is 1. The summed E-state index contributed by atoms with van der Waals surface area (Å²) in [5.74, 6) is -1.54. The highest BCUT2D eigenvalue weighted by atomic mass is 32.2. The minimum atomic E-state index is -3.98. The van der Waals surface area contributed by atoms with Gasteiger partial charge in [-0.1, -0.05) is 30.3 Å². The zero-order chi connectivity index (χ0) is 25.6. The van der Waals surface area contributed by atoms with Crippen molar-refractivity contribution in [1.29, 1.82) is 0 Å². The molecule has 3 rings (SSSR count). The number of nitrogens with zero attached hydrogens (tertiary/aromatic N) is 1. The molecule has 0 aliphatic heterocycles. The van der Waals surface area contributed by atoms with Gasteiger partial charge in [0.05, 0.1) is 4.90 Å².